The van der Waals surface area contributed by atoms with Gasteiger partial charge in [-0.25, -0.2) is 4.98 Å². The molecule has 1 aliphatic carbocycles. The van der Waals surface area contributed by atoms with E-state index in [1.807, 2.05) is 54.4 Å². The van der Waals surface area contributed by atoms with E-state index in [9.17, 15) is 4.79 Å². The maximum Gasteiger partial charge on any atom is 0.254 e. The Bertz CT molecular complexity index is 933. The number of rotatable bonds is 4. The monoisotopic (exact) mass is 359 g/mol. The number of carbonyl (C=O) groups excluding carboxylic acids is 1. The minimum Gasteiger partial charge on any atom is -0.341 e. The highest BCUT2D eigenvalue weighted by molar-refractivity contribution is 6.07. The Morgan fingerprint density at radius 1 is 1.07 bits per heavy atom. The lowest BCUT2D eigenvalue weighted by Gasteiger charge is -2.27. The SMILES string of the molecule is CN(CC1CCCCC1)C(=O)c1cc(-c2ccncc2)nc2ccccc12. The molecule has 1 saturated carbocycles. The second kappa shape index (κ2) is 7.87. The summed E-state index contributed by atoms with van der Waals surface area (Å²) in [5, 5.41) is 0.913. The van der Waals surface area contributed by atoms with Crippen molar-refractivity contribution in [3.8, 4) is 11.3 Å². The number of pyridine rings is 2. The summed E-state index contributed by atoms with van der Waals surface area (Å²) < 4.78 is 0. The first-order valence-corrected chi connectivity index (χ1v) is 9.78. The molecule has 1 aromatic carbocycles. The number of amides is 1. The van der Waals surface area contributed by atoms with Crippen LogP contribution in [0.25, 0.3) is 22.2 Å². The van der Waals surface area contributed by atoms with Gasteiger partial charge in [0.25, 0.3) is 5.91 Å². The molecule has 0 unspecified atom stereocenters. The van der Waals surface area contributed by atoms with Crippen molar-refractivity contribution in [3.05, 3.63) is 60.4 Å². The lowest BCUT2D eigenvalue weighted by atomic mass is 9.89. The molecule has 2 heterocycles. The number of benzene rings is 1. The Hall–Kier alpha value is -2.75. The number of para-hydroxylation sites is 1. The van der Waals surface area contributed by atoms with Crippen molar-refractivity contribution in [3.63, 3.8) is 0 Å². The van der Waals surface area contributed by atoms with Crippen molar-refractivity contribution in [2.45, 2.75) is 32.1 Å². The fraction of sp³-hybridized carbons (Fsp3) is 0.348. The highest BCUT2D eigenvalue weighted by Gasteiger charge is 2.21. The molecule has 0 radical (unpaired) electrons. The number of fused-ring (bicyclic) bond motifs is 1. The van der Waals surface area contributed by atoms with Crippen LogP contribution < -0.4 is 0 Å². The van der Waals surface area contributed by atoms with Crippen molar-refractivity contribution in [1.82, 2.24) is 14.9 Å². The van der Waals surface area contributed by atoms with Crippen LogP contribution in [0.15, 0.2) is 54.9 Å². The van der Waals surface area contributed by atoms with E-state index < -0.39 is 0 Å². The van der Waals surface area contributed by atoms with Crippen molar-refractivity contribution in [2.24, 2.45) is 5.92 Å². The maximum atomic E-state index is 13.3. The summed E-state index contributed by atoms with van der Waals surface area (Å²) in [6, 6.07) is 13.7. The molecule has 4 heteroatoms. The molecule has 0 spiro atoms. The molecule has 0 atom stereocenters. The summed E-state index contributed by atoms with van der Waals surface area (Å²) in [5.74, 6) is 0.704. The third-order valence-electron chi connectivity index (χ3n) is 5.53. The molecule has 4 nitrogen and oxygen atoms in total. The highest BCUT2D eigenvalue weighted by atomic mass is 16.2. The molecule has 138 valence electrons. The van der Waals surface area contributed by atoms with Crippen LogP contribution in [0.2, 0.25) is 0 Å². The average Bonchev–Trinajstić information content (AvgIpc) is 2.73. The van der Waals surface area contributed by atoms with Gasteiger partial charge in [0, 0.05) is 36.9 Å². The molecule has 4 rings (SSSR count). The Kier molecular flexibility index (Phi) is 5.14. The molecule has 0 N–H and O–H groups in total. The highest BCUT2D eigenvalue weighted by Crippen LogP contribution is 2.27. The van der Waals surface area contributed by atoms with Gasteiger partial charge in [-0.1, -0.05) is 37.5 Å². The lowest BCUT2D eigenvalue weighted by molar-refractivity contribution is 0.0762. The predicted molar refractivity (Wildman–Crippen MR) is 109 cm³/mol. The van der Waals surface area contributed by atoms with Crippen LogP contribution in [0, 0.1) is 5.92 Å². The number of aromatic nitrogens is 2. The van der Waals surface area contributed by atoms with E-state index in [-0.39, 0.29) is 5.91 Å². The number of nitrogens with zero attached hydrogens (tertiary/aromatic N) is 3. The van der Waals surface area contributed by atoms with Gasteiger partial charge in [0.2, 0.25) is 0 Å². The minimum absolute atomic E-state index is 0.0782. The lowest BCUT2D eigenvalue weighted by Crippen LogP contribution is -2.32. The van der Waals surface area contributed by atoms with Gasteiger partial charge in [-0.05, 0) is 43.0 Å². The first-order valence-electron chi connectivity index (χ1n) is 9.78. The van der Waals surface area contributed by atoms with Gasteiger partial charge >= 0.3 is 0 Å². The summed E-state index contributed by atoms with van der Waals surface area (Å²) >= 11 is 0. The van der Waals surface area contributed by atoms with Gasteiger partial charge in [-0.3, -0.25) is 9.78 Å². The molecule has 1 aliphatic rings. The third kappa shape index (κ3) is 3.85. The van der Waals surface area contributed by atoms with E-state index in [4.69, 9.17) is 4.98 Å². The van der Waals surface area contributed by atoms with Crippen LogP contribution in [-0.2, 0) is 0 Å². The van der Waals surface area contributed by atoms with Crippen LogP contribution in [0.4, 0.5) is 0 Å². The van der Waals surface area contributed by atoms with Crippen LogP contribution in [0.5, 0.6) is 0 Å². The van der Waals surface area contributed by atoms with E-state index in [1.54, 1.807) is 12.4 Å². The molecule has 2 aromatic heterocycles. The standard InChI is InChI=1S/C23H25N3O/c1-26(16-17-7-3-2-4-8-17)23(27)20-15-22(18-11-13-24-14-12-18)25-21-10-6-5-9-19(20)21/h5-6,9-15,17H,2-4,7-8,16H2,1H3. The summed E-state index contributed by atoms with van der Waals surface area (Å²) in [7, 11) is 1.93. The molecule has 27 heavy (non-hydrogen) atoms. The Balaban J connectivity index is 1.69. The number of hydrogen-bond donors (Lipinski definition) is 0. The van der Waals surface area contributed by atoms with Crippen molar-refractivity contribution in [1.29, 1.82) is 0 Å². The summed E-state index contributed by atoms with van der Waals surface area (Å²) in [6.45, 7) is 0.833. The number of hydrogen-bond acceptors (Lipinski definition) is 3. The van der Waals surface area contributed by atoms with E-state index in [0.717, 1.165) is 34.3 Å². The zero-order valence-electron chi connectivity index (χ0n) is 15.8. The largest absolute Gasteiger partial charge is 0.341 e. The first-order chi connectivity index (χ1) is 13.2. The van der Waals surface area contributed by atoms with E-state index in [1.165, 1.54) is 32.1 Å². The minimum atomic E-state index is 0.0782. The molecule has 3 aromatic rings. The fourth-order valence-electron chi connectivity index (χ4n) is 4.07. The molecule has 1 amide bonds. The van der Waals surface area contributed by atoms with Gasteiger partial charge in [0.15, 0.2) is 0 Å². The number of carbonyl (C=O) groups is 1. The third-order valence-corrected chi connectivity index (χ3v) is 5.53. The molecule has 0 saturated heterocycles. The van der Waals surface area contributed by atoms with E-state index in [0.29, 0.717) is 5.92 Å². The van der Waals surface area contributed by atoms with Gasteiger partial charge in [-0.15, -0.1) is 0 Å². The molecular weight excluding hydrogens is 334 g/mol. The van der Waals surface area contributed by atoms with Gasteiger partial charge < -0.3 is 4.90 Å². The van der Waals surface area contributed by atoms with Crippen LogP contribution >= 0.6 is 0 Å². The summed E-state index contributed by atoms with van der Waals surface area (Å²) in [6.07, 6.45) is 9.88. The first kappa shape index (κ1) is 17.7. The van der Waals surface area contributed by atoms with Crippen LogP contribution in [0.3, 0.4) is 0 Å². The van der Waals surface area contributed by atoms with Crippen molar-refractivity contribution >= 4 is 16.8 Å². The second-order valence-electron chi connectivity index (χ2n) is 7.50. The quantitative estimate of drug-likeness (QED) is 0.662. The van der Waals surface area contributed by atoms with Gasteiger partial charge in [0.05, 0.1) is 16.8 Å². The molecular formula is C23H25N3O. The van der Waals surface area contributed by atoms with Gasteiger partial charge in [0.1, 0.15) is 0 Å². The van der Waals surface area contributed by atoms with E-state index >= 15 is 0 Å². The predicted octanol–water partition coefficient (Wildman–Crippen LogP) is 4.95. The zero-order valence-corrected chi connectivity index (χ0v) is 15.8. The molecule has 1 fully saturated rings. The second-order valence-corrected chi connectivity index (χ2v) is 7.50. The van der Waals surface area contributed by atoms with Crippen molar-refractivity contribution < 1.29 is 4.79 Å². The zero-order chi connectivity index (χ0) is 18.6. The smallest absolute Gasteiger partial charge is 0.254 e. The Labute approximate surface area is 160 Å². The Morgan fingerprint density at radius 2 is 1.81 bits per heavy atom. The molecule has 0 aliphatic heterocycles. The van der Waals surface area contributed by atoms with Gasteiger partial charge in [-0.2, -0.15) is 0 Å². The summed E-state index contributed by atoms with van der Waals surface area (Å²) in [4.78, 5) is 24.0. The topological polar surface area (TPSA) is 46.1 Å². The van der Waals surface area contributed by atoms with Crippen molar-refractivity contribution in [2.75, 3.05) is 13.6 Å². The van der Waals surface area contributed by atoms with Crippen LogP contribution in [0.1, 0.15) is 42.5 Å². The maximum absolute atomic E-state index is 13.3. The summed E-state index contributed by atoms with van der Waals surface area (Å²) in [5.41, 5.74) is 3.36. The Morgan fingerprint density at radius 3 is 2.59 bits per heavy atom. The fourth-order valence-corrected chi connectivity index (χ4v) is 4.07. The molecule has 0 bridgehead atoms. The van der Waals surface area contributed by atoms with Crippen LogP contribution in [-0.4, -0.2) is 34.4 Å². The average molecular weight is 359 g/mol. The van der Waals surface area contributed by atoms with E-state index in [2.05, 4.69) is 4.98 Å². The normalized spacial score (nSPS) is 15.0.